The van der Waals surface area contributed by atoms with Gasteiger partial charge in [-0.2, -0.15) is 5.26 Å². The van der Waals surface area contributed by atoms with Crippen LogP contribution in [0, 0.1) is 18.3 Å². The van der Waals surface area contributed by atoms with Gasteiger partial charge < -0.3 is 34.6 Å². The molecule has 2 aromatic carbocycles. The predicted molar refractivity (Wildman–Crippen MR) is 147 cm³/mol. The molecule has 0 aliphatic carbocycles. The SMILES string of the molecule is CC(=O)NCCOCCOCCOCCNC(=O)c1ccc(SNc2ccc(C)c3c(C#N)c[nH]c23)cc1. The molecule has 0 unspecified atom stereocenters. The summed E-state index contributed by atoms with van der Waals surface area (Å²) in [4.78, 5) is 27.2. The number of aryl methyl sites for hydroxylation is 1. The molecular weight excluding hydrogens is 506 g/mol. The molecule has 0 radical (unpaired) electrons. The standard InChI is InChI=1S/C27H33N5O5S/c1-19-3-8-24(26-25(19)22(17-28)18-31-26)32-38-23-6-4-21(5-7-23)27(34)30-10-12-36-14-16-37-15-13-35-11-9-29-20(2)33/h3-8,18,31-32H,9-16H2,1-2H3,(H,29,33)(H,30,34). The second-order valence-electron chi connectivity index (χ2n) is 8.30. The quantitative estimate of drug-likeness (QED) is 0.161. The van der Waals surface area contributed by atoms with Crippen LogP contribution in [-0.2, 0) is 19.0 Å². The number of hydrogen-bond donors (Lipinski definition) is 4. The number of carbonyl (C=O) groups excluding carboxylic acids is 2. The molecule has 0 aliphatic heterocycles. The molecule has 4 N–H and O–H groups in total. The van der Waals surface area contributed by atoms with E-state index in [9.17, 15) is 14.9 Å². The molecule has 0 bridgehead atoms. The lowest BCUT2D eigenvalue weighted by Crippen LogP contribution is -2.27. The lowest BCUT2D eigenvalue weighted by Gasteiger charge is -2.10. The van der Waals surface area contributed by atoms with Gasteiger partial charge in [-0.3, -0.25) is 9.59 Å². The number of aromatic amines is 1. The van der Waals surface area contributed by atoms with E-state index in [1.165, 1.54) is 18.9 Å². The van der Waals surface area contributed by atoms with Crippen LogP contribution in [0.25, 0.3) is 10.9 Å². The number of aromatic nitrogens is 1. The molecule has 0 aliphatic rings. The molecule has 2 amide bonds. The lowest BCUT2D eigenvalue weighted by atomic mass is 10.1. The minimum atomic E-state index is -0.165. The highest BCUT2D eigenvalue weighted by Gasteiger charge is 2.11. The van der Waals surface area contributed by atoms with Crippen molar-refractivity contribution in [2.45, 2.75) is 18.7 Å². The Morgan fingerprint density at radius 3 is 2.18 bits per heavy atom. The summed E-state index contributed by atoms with van der Waals surface area (Å²) in [6, 6.07) is 13.5. The smallest absolute Gasteiger partial charge is 0.251 e. The Morgan fingerprint density at radius 1 is 0.921 bits per heavy atom. The average Bonchev–Trinajstić information content (AvgIpc) is 3.36. The average molecular weight is 540 g/mol. The van der Waals surface area contributed by atoms with Crippen molar-refractivity contribution in [3.8, 4) is 6.07 Å². The maximum absolute atomic E-state index is 12.4. The van der Waals surface area contributed by atoms with Gasteiger partial charge in [-0.05, 0) is 54.8 Å². The van der Waals surface area contributed by atoms with Gasteiger partial charge >= 0.3 is 0 Å². The largest absolute Gasteiger partial charge is 0.377 e. The first-order valence-corrected chi connectivity index (χ1v) is 13.1. The molecule has 0 spiro atoms. The molecule has 3 aromatic rings. The van der Waals surface area contributed by atoms with E-state index in [4.69, 9.17) is 14.2 Å². The van der Waals surface area contributed by atoms with Crippen molar-refractivity contribution >= 4 is 40.4 Å². The molecule has 0 saturated heterocycles. The maximum Gasteiger partial charge on any atom is 0.251 e. The van der Waals surface area contributed by atoms with Gasteiger partial charge in [-0.1, -0.05) is 6.07 Å². The monoisotopic (exact) mass is 539 g/mol. The third-order valence-corrected chi connectivity index (χ3v) is 6.29. The van der Waals surface area contributed by atoms with Crippen LogP contribution < -0.4 is 15.4 Å². The van der Waals surface area contributed by atoms with Gasteiger partial charge in [-0.15, -0.1) is 0 Å². The van der Waals surface area contributed by atoms with E-state index >= 15 is 0 Å². The fourth-order valence-corrected chi connectivity index (χ4v) is 4.23. The summed E-state index contributed by atoms with van der Waals surface area (Å²) >= 11 is 1.43. The number of hydrogen-bond acceptors (Lipinski definition) is 8. The highest BCUT2D eigenvalue weighted by atomic mass is 32.2. The number of nitriles is 1. The Balaban J connectivity index is 1.28. The second kappa shape index (κ2) is 15.6. The zero-order valence-corrected chi connectivity index (χ0v) is 22.4. The van der Waals surface area contributed by atoms with Crippen LogP contribution in [-0.4, -0.2) is 69.5 Å². The maximum atomic E-state index is 12.4. The fraction of sp³-hybridized carbons (Fsp3) is 0.370. The molecule has 38 heavy (non-hydrogen) atoms. The number of nitrogens with one attached hydrogen (secondary N) is 4. The number of fused-ring (bicyclic) bond motifs is 1. The van der Waals surface area contributed by atoms with Crippen molar-refractivity contribution < 1.29 is 23.8 Å². The number of H-pyrrole nitrogens is 1. The van der Waals surface area contributed by atoms with Crippen LogP contribution in [0.4, 0.5) is 5.69 Å². The summed E-state index contributed by atoms with van der Waals surface area (Å²) < 4.78 is 19.5. The van der Waals surface area contributed by atoms with Crippen molar-refractivity contribution in [3.63, 3.8) is 0 Å². The highest BCUT2D eigenvalue weighted by molar-refractivity contribution is 8.00. The Bertz CT molecular complexity index is 1240. The van der Waals surface area contributed by atoms with Crippen molar-refractivity contribution in [2.75, 3.05) is 57.5 Å². The molecule has 1 heterocycles. The van der Waals surface area contributed by atoms with E-state index < -0.39 is 0 Å². The zero-order chi connectivity index (χ0) is 27.2. The summed E-state index contributed by atoms with van der Waals surface area (Å²) in [7, 11) is 0. The summed E-state index contributed by atoms with van der Waals surface area (Å²) in [5.74, 6) is -0.241. The van der Waals surface area contributed by atoms with Crippen molar-refractivity contribution in [3.05, 3.63) is 59.3 Å². The third kappa shape index (κ3) is 9.08. The van der Waals surface area contributed by atoms with Gasteiger partial charge in [0, 0.05) is 42.1 Å². The first kappa shape index (κ1) is 29.0. The lowest BCUT2D eigenvalue weighted by molar-refractivity contribution is -0.119. The summed E-state index contributed by atoms with van der Waals surface area (Å²) in [6.07, 6.45) is 1.72. The van der Waals surface area contributed by atoms with Crippen molar-refractivity contribution in [1.82, 2.24) is 15.6 Å². The first-order chi connectivity index (χ1) is 18.5. The fourth-order valence-electron chi connectivity index (χ4n) is 3.56. The molecule has 1 aromatic heterocycles. The molecule has 3 rings (SSSR count). The van der Waals surface area contributed by atoms with E-state index in [-0.39, 0.29) is 11.8 Å². The molecule has 0 fully saturated rings. The van der Waals surface area contributed by atoms with Crippen LogP contribution >= 0.6 is 11.9 Å². The van der Waals surface area contributed by atoms with Gasteiger partial charge in [0.25, 0.3) is 5.91 Å². The number of nitrogens with zero attached hydrogens (tertiary/aromatic N) is 1. The Labute approximate surface area is 226 Å². The Hall–Kier alpha value is -3.56. The Morgan fingerprint density at radius 2 is 1.55 bits per heavy atom. The van der Waals surface area contributed by atoms with E-state index in [1.54, 1.807) is 18.3 Å². The topological polar surface area (TPSA) is 138 Å². The first-order valence-electron chi connectivity index (χ1n) is 12.3. The molecule has 0 atom stereocenters. The summed E-state index contributed by atoms with van der Waals surface area (Å²) in [5, 5.41) is 15.7. The molecule has 0 saturated carbocycles. The molecule has 10 nitrogen and oxygen atoms in total. The predicted octanol–water partition coefficient (Wildman–Crippen LogP) is 3.38. The third-order valence-electron chi connectivity index (χ3n) is 5.46. The van der Waals surface area contributed by atoms with Crippen molar-refractivity contribution in [1.29, 1.82) is 5.26 Å². The minimum absolute atomic E-state index is 0.0752. The van der Waals surface area contributed by atoms with E-state index in [2.05, 4.69) is 26.4 Å². The number of benzene rings is 2. The number of rotatable bonds is 16. The van der Waals surface area contributed by atoms with Gasteiger partial charge in [0.2, 0.25) is 5.91 Å². The number of ether oxygens (including phenoxy) is 3. The normalized spacial score (nSPS) is 10.8. The number of amides is 2. The van der Waals surface area contributed by atoms with Crippen LogP contribution in [0.5, 0.6) is 0 Å². The summed E-state index contributed by atoms with van der Waals surface area (Å²) in [6.45, 7) is 6.94. The van der Waals surface area contributed by atoms with Gasteiger partial charge in [0.15, 0.2) is 0 Å². The highest BCUT2D eigenvalue weighted by Crippen LogP contribution is 2.31. The van der Waals surface area contributed by atoms with E-state index in [0.717, 1.165) is 27.0 Å². The number of anilines is 1. The van der Waals surface area contributed by atoms with Crippen LogP contribution in [0.2, 0.25) is 0 Å². The van der Waals surface area contributed by atoms with Gasteiger partial charge in [0.1, 0.15) is 6.07 Å². The van der Waals surface area contributed by atoms with Crippen LogP contribution in [0.15, 0.2) is 47.5 Å². The van der Waals surface area contributed by atoms with Crippen LogP contribution in [0.1, 0.15) is 28.4 Å². The second-order valence-corrected chi connectivity index (χ2v) is 9.18. The van der Waals surface area contributed by atoms with E-state index in [1.807, 2.05) is 31.2 Å². The molecule has 202 valence electrons. The van der Waals surface area contributed by atoms with Gasteiger partial charge in [0.05, 0.1) is 56.4 Å². The Kier molecular flexibility index (Phi) is 11.9. The minimum Gasteiger partial charge on any atom is -0.377 e. The van der Waals surface area contributed by atoms with E-state index in [0.29, 0.717) is 63.9 Å². The zero-order valence-electron chi connectivity index (χ0n) is 21.6. The van der Waals surface area contributed by atoms with Gasteiger partial charge in [-0.25, -0.2) is 0 Å². The molecular formula is C27H33N5O5S. The number of carbonyl (C=O) groups is 2. The van der Waals surface area contributed by atoms with Crippen molar-refractivity contribution in [2.24, 2.45) is 0 Å². The summed E-state index contributed by atoms with van der Waals surface area (Å²) in [5.41, 5.74) is 4.01. The molecule has 11 heteroatoms. The van der Waals surface area contributed by atoms with Crippen LogP contribution in [0.3, 0.4) is 0 Å².